The third-order valence-electron chi connectivity index (χ3n) is 8.14. The van der Waals surface area contributed by atoms with E-state index in [4.69, 9.17) is 4.98 Å². The normalized spacial score (nSPS) is 11.8. The molecule has 0 radical (unpaired) electrons. The van der Waals surface area contributed by atoms with Crippen molar-refractivity contribution < 1.29 is 0 Å². The summed E-state index contributed by atoms with van der Waals surface area (Å²) < 4.78 is 0. The van der Waals surface area contributed by atoms with Gasteiger partial charge in [0, 0.05) is 45.7 Å². The van der Waals surface area contributed by atoms with Crippen LogP contribution in [-0.4, -0.2) is 15.0 Å². The average Bonchev–Trinajstić information content (AvgIpc) is 3.31. The zero-order chi connectivity index (χ0) is 30.0. The second-order valence-electron chi connectivity index (χ2n) is 11.0. The van der Waals surface area contributed by atoms with Gasteiger partial charge in [0.25, 0.3) is 0 Å². The van der Waals surface area contributed by atoms with Crippen LogP contribution in [0.15, 0.2) is 162 Å². The SMILES string of the molecule is C1=Cc2cc(-c3ccc(-c4ccc(-c5cc(-c6ccncc6)nc(-c6ccncc6)c5)cc4)cc3)ccc2Sc2ccccc21. The minimum absolute atomic E-state index is 0.915. The van der Waals surface area contributed by atoms with Crippen molar-refractivity contribution in [2.24, 2.45) is 0 Å². The van der Waals surface area contributed by atoms with Gasteiger partial charge in [-0.3, -0.25) is 9.97 Å². The van der Waals surface area contributed by atoms with Gasteiger partial charge >= 0.3 is 0 Å². The van der Waals surface area contributed by atoms with Crippen LogP contribution in [0.25, 0.3) is 68.0 Å². The van der Waals surface area contributed by atoms with Crippen LogP contribution in [0.2, 0.25) is 0 Å². The molecule has 4 aromatic carbocycles. The Labute approximate surface area is 267 Å². The molecule has 1 aliphatic heterocycles. The molecule has 0 fully saturated rings. The molecule has 0 saturated carbocycles. The summed E-state index contributed by atoms with van der Waals surface area (Å²) in [6, 6.07) is 45.3. The molecule has 8 rings (SSSR count). The molecule has 3 nitrogen and oxygen atoms in total. The minimum Gasteiger partial charge on any atom is -0.265 e. The predicted octanol–water partition coefficient (Wildman–Crippen LogP) is 10.8. The van der Waals surface area contributed by atoms with E-state index in [9.17, 15) is 0 Å². The molecule has 212 valence electrons. The van der Waals surface area contributed by atoms with E-state index < -0.39 is 0 Å². The van der Waals surface area contributed by atoms with Gasteiger partial charge in [0.15, 0.2) is 0 Å². The number of hydrogen-bond acceptors (Lipinski definition) is 4. The summed E-state index contributed by atoms with van der Waals surface area (Å²) >= 11 is 1.83. The van der Waals surface area contributed by atoms with E-state index in [1.807, 2.05) is 36.0 Å². The maximum atomic E-state index is 4.98. The highest BCUT2D eigenvalue weighted by atomic mass is 32.2. The van der Waals surface area contributed by atoms with E-state index in [1.54, 1.807) is 24.8 Å². The van der Waals surface area contributed by atoms with Gasteiger partial charge < -0.3 is 0 Å². The fraction of sp³-hybridized carbons (Fsp3) is 0. The second-order valence-corrected chi connectivity index (χ2v) is 12.1. The lowest BCUT2D eigenvalue weighted by molar-refractivity contribution is 1.27. The summed E-state index contributed by atoms with van der Waals surface area (Å²) in [6.45, 7) is 0. The van der Waals surface area contributed by atoms with Gasteiger partial charge in [0.1, 0.15) is 0 Å². The Balaban J connectivity index is 1.07. The number of benzene rings is 4. The lowest BCUT2D eigenvalue weighted by Gasteiger charge is -2.11. The molecule has 1 aliphatic rings. The summed E-state index contributed by atoms with van der Waals surface area (Å²) in [5.74, 6) is 0. The third-order valence-corrected chi connectivity index (χ3v) is 9.32. The molecule has 0 N–H and O–H groups in total. The molecule has 0 spiro atoms. The van der Waals surface area contributed by atoms with Crippen molar-refractivity contribution in [3.8, 4) is 55.9 Å². The first-order valence-corrected chi connectivity index (χ1v) is 15.7. The highest BCUT2D eigenvalue weighted by Crippen LogP contribution is 2.39. The Kier molecular flexibility index (Phi) is 7.10. The van der Waals surface area contributed by atoms with Gasteiger partial charge in [-0.25, -0.2) is 4.98 Å². The van der Waals surface area contributed by atoms with Crippen LogP contribution < -0.4 is 0 Å². The summed E-state index contributed by atoms with van der Waals surface area (Å²) in [7, 11) is 0. The first kappa shape index (κ1) is 27.0. The van der Waals surface area contributed by atoms with Gasteiger partial charge in [-0.1, -0.05) is 96.7 Å². The summed E-state index contributed by atoms with van der Waals surface area (Å²) in [4.78, 5) is 15.9. The molecule has 0 unspecified atom stereocenters. The topological polar surface area (TPSA) is 38.7 Å². The van der Waals surface area contributed by atoms with Crippen LogP contribution in [0.4, 0.5) is 0 Å². The number of aromatic nitrogens is 3. The summed E-state index contributed by atoms with van der Waals surface area (Å²) in [5.41, 5.74) is 13.5. The van der Waals surface area contributed by atoms with E-state index in [-0.39, 0.29) is 0 Å². The molecular weight excluding hydrogens is 567 g/mol. The van der Waals surface area contributed by atoms with Crippen molar-refractivity contribution in [2.45, 2.75) is 9.79 Å². The summed E-state index contributed by atoms with van der Waals surface area (Å²) in [5, 5.41) is 0. The number of rotatable bonds is 5. The number of pyridine rings is 3. The molecule has 45 heavy (non-hydrogen) atoms. The van der Waals surface area contributed by atoms with E-state index in [1.165, 1.54) is 43.2 Å². The molecule has 4 heteroatoms. The number of fused-ring (bicyclic) bond motifs is 2. The highest BCUT2D eigenvalue weighted by Gasteiger charge is 2.12. The molecular formula is C41H27N3S. The van der Waals surface area contributed by atoms with E-state index in [0.29, 0.717) is 0 Å². The summed E-state index contributed by atoms with van der Waals surface area (Å²) in [6.07, 6.45) is 11.7. The van der Waals surface area contributed by atoms with Gasteiger partial charge in [0.2, 0.25) is 0 Å². The second kappa shape index (κ2) is 11.8. The van der Waals surface area contributed by atoms with Crippen molar-refractivity contribution in [1.82, 2.24) is 15.0 Å². The Hall–Kier alpha value is -5.58. The average molecular weight is 594 g/mol. The minimum atomic E-state index is 0.915. The predicted molar refractivity (Wildman–Crippen MR) is 186 cm³/mol. The smallest absolute Gasteiger partial charge is 0.0716 e. The van der Waals surface area contributed by atoms with E-state index in [2.05, 4.69) is 125 Å². The fourth-order valence-electron chi connectivity index (χ4n) is 5.71. The van der Waals surface area contributed by atoms with Gasteiger partial charge in [-0.2, -0.15) is 0 Å². The Morgan fingerprint density at radius 3 is 1.42 bits per heavy atom. The van der Waals surface area contributed by atoms with Crippen molar-refractivity contribution in [1.29, 1.82) is 0 Å². The zero-order valence-corrected chi connectivity index (χ0v) is 25.2. The maximum absolute atomic E-state index is 4.98. The lowest BCUT2D eigenvalue weighted by atomic mass is 9.96. The maximum Gasteiger partial charge on any atom is 0.0716 e. The fourth-order valence-corrected chi connectivity index (χ4v) is 6.73. The van der Waals surface area contributed by atoms with Gasteiger partial charge in [0.05, 0.1) is 11.4 Å². The zero-order valence-electron chi connectivity index (χ0n) is 24.3. The van der Waals surface area contributed by atoms with Gasteiger partial charge in [-0.05, 0) is 99.1 Å². The molecule has 3 aromatic heterocycles. The van der Waals surface area contributed by atoms with E-state index >= 15 is 0 Å². The Morgan fingerprint density at radius 2 is 0.822 bits per heavy atom. The lowest BCUT2D eigenvalue weighted by Crippen LogP contribution is -1.91. The largest absolute Gasteiger partial charge is 0.265 e. The van der Waals surface area contributed by atoms with Crippen molar-refractivity contribution >= 4 is 23.9 Å². The first-order valence-electron chi connectivity index (χ1n) is 14.9. The molecule has 4 heterocycles. The highest BCUT2D eigenvalue weighted by molar-refractivity contribution is 7.99. The molecule has 0 amide bonds. The van der Waals surface area contributed by atoms with Gasteiger partial charge in [-0.15, -0.1) is 0 Å². The number of nitrogens with zero attached hydrogens (tertiary/aromatic N) is 3. The standard InChI is InChI=1S/C41H27N3S/c1-2-4-40-34(3-1)13-14-36-25-35(15-16-41(36)45-40)30-9-5-28(6-10-30)29-7-11-31(12-8-29)37-26-38(32-17-21-42-22-18-32)44-39(27-37)33-19-23-43-24-20-33/h1-27H. The van der Waals surface area contributed by atoms with Crippen molar-refractivity contribution in [3.63, 3.8) is 0 Å². The van der Waals surface area contributed by atoms with Crippen LogP contribution in [0.1, 0.15) is 11.1 Å². The first-order chi connectivity index (χ1) is 22.3. The molecule has 7 aromatic rings. The Bertz CT molecular complexity index is 2100. The van der Waals surface area contributed by atoms with Crippen molar-refractivity contribution in [3.05, 3.63) is 163 Å². The van der Waals surface area contributed by atoms with Crippen LogP contribution >= 0.6 is 11.8 Å². The third kappa shape index (κ3) is 5.60. The molecule has 0 aliphatic carbocycles. The quantitative estimate of drug-likeness (QED) is 0.199. The molecule has 0 atom stereocenters. The molecule has 0 bridgehead atoms. The van der Waals surface area contributed by atoms with Crippen LogP contribution in [0, 0.1) is 0 Å². The Morgan fingerprint density at radius 1 is 0.356 bits per heavy atom. The van der Waals surface area contributed by atoms with Crippen LogP contribution in [-0.2, 0) is 0 Å². The van der Waals surface area contributed by atoms with E-state index in [0.717, 1.165) is 33.6 Å². The molecule has 0 saturated heterocycles. The van der Waals surface area contributed by atoms with Crippen LogP contribution in [0.3, 0.4) is 0 Å². The monoisotopic (exact) mass is 593 g/mol. The number of hydrogen-bond donors (Lipinski definition) is 0. The van der Waals surface area contributed by atoms with Crippen molar-refractivity contribution in [2.75, 3.05) is 0 Å². The van der Waals surface area contributed by atoms with Crippen LogP contribution in [0.5, 0.6) is 0 Å².